The van der Waals surface area contributed by atoms with Gasteiger partial charge in [-0.25, -0.2) is 4.98 Å². The fourth-order valence-corrected chi connectivity index (χ4v) is 3.51. The van der Waals surface area contributed by atoms with Crippen molar-refractivity contribution in [3.8, 4) is 11.4 Å². The molecule has 1 N–H and O–H groups in total. The average molecular weight is 402 g/mol. The second kappa shape index (κ2) is 8.50. The number of hydrogen-bond acceptors (Lipinski definition) is 4. The van der Waals surface area contributed by atoms with Crippen molar-refractivity contribution in [2.75, 3.05) is 18.2 Å². The molecule has 0 aliphatic carbocycles. The maximum absolute atomic E-state index is 12.3. The van der Waals surface area contributed by atoms with E-state index in [1.54, 1.807) is 19.4 Å². The second-order valence-electron chi connectivity index (χ2n) is 6.06. The van der Waals surface area contributed by atoms with Gasteiger partial charge in [0.2, 0.25) is 5.91 Å². The Bertz CT molecular complexity index is 972. The monoisotopic (exact) mass is 401 g/mol. The Hall–Kier alpha value is -2.44. The van der Waals surface area contributed by atoms with Gasteiger partial charge in [-0.15, -0.1) is 0 Å². The van der Waals surface area contributed by atoms with E-state index in [4.69, 9.17) is 16.3 Å². The number of imidazole rings is 1. The largest absolute Gasteiger partial charge is 0.495 e. The third kappa shape index (κ3) is 4.64. The predicted octanol–water partition coefficient (Wildman–Crippen LogP) is 4.88. The van der Waals surface area contributed by atoms with Crippen molar-refractivity contribution in [3.05, 3.63) is 64.9 Å². The van der Waals surface area contributed by atoms with E-state index in [-0.39, 0.29) is 11.7 Å². The van der Waals surface area contributed by atoms with Crippen molar-refractivity contribution in [3.63, 3.8) is 0 Å². The van der Waals surface area contributed by atoms with Crippen LogP contribution in [0.15, 0.2) is 53.9 Å². The van der Waals surface area contributed by atoms with Crippen molar-refractivity contribution in [1.29, 1.82) is 0 Å². The van der Waals surface area contributed by atoms with Crippen LogP contribution >= 0.6 is 23.4 Å². The van der Waals surface area contributed by atoms with Crippen molar-refractivity contribution >= 4 is 35.0 Å². The Morgan fingerprint density at radius 2 is 2.07 bits per heavy atom. The van der Waals surface area contributed by atoms with Crippen LogP contribution in [0.2, 0.25) is 5.02 Å². The molecule has 0 fully saturated rings. The summed E-state index contributed by atoms with van der Waals surface area (Å²) in [5.41, 5.74) is 3.66. The number of hydrogen-bond donors (Lipinski definition) is 1. The lowest BCUT2D eigenvalue weighted by Crippen LogP contribution is -2.14. The summed E-state index contributed by atoms with van der Waals surface area (Å²) in [5.74, 6) is 0.862. The van der Waals surface area contributed by atoms with E-state index < -0.39 is 0 Å². The van der Waals surface area contributed by atoms with E-state index in [1.165, 1.54) is 11.8 Å². The highest BCUT2D eigenvalue weighted by Crippen LogP contribution is 2.28. The van der Waals surface area contributed by atoms with Crippen LogP contribution in [0.4, 0.5) is 5.69 Å². The van der Waals surface area contributed by atoms with Gasteiger partial charge in [-0.2, -0.15) is 0 Å². The number of methoxy groups -OCH3 is 1. The fraction of sp³-hybridized carbons (Fsp3) is 0.200. The predicted molar refractivity (Wildman–Crippen MR) is 110 cm³/mol. The molecule has 0 radical (unpaired) electrons. The molecule has 3 aromatic rings. The number of thioether (sulfide) groups is 1. The lowest BCUT2D eigenvalue weighted by molar-refractivity contribution is -0.113. The normalized spacial score (nSPS) is 10.7. The number of aromatic nitrogens is 2. The third-order valence-electron chi connectivity index (χ3n) is 3.99. The Labute approximate surface area is 167 Å². The number of nitrogens with zero attached hydrogens (tertiary/aromatic N) is 2. The van der Waals surface area contributed by atoms with E-state index in [9.17, 15) is 4.79 Å². The van der Waals surface area contributed by atoms with E-state index in [0.717, 1.165) is 27.7 Å². The number of amides is 1. The first-order valence-electron chi connectivity index (χ1n) is 8.35. The summed E-state index contributed by atoms with van der Waals surface area (Å²) in [6.45, 7) is 3.94. The molecule has 0 aliphatic rings. The Morgan fingerprint density at radius 1 is 1.26 bits per heavy atom. The molecule has 5 nitrogen and oxygen atoms in total. The smallest absolute Gasteiger partial charge is 0.234 e. The van der Waals surface area contributed by atoms with Gasteiger partial charge in [0.25, 0.3) is 0 Å². The number of halogens is 1. The van der Waals surface area contributed by atoms with Crippen LogP contribution in [0.1, 0.15) is 11.1 Å². The van der Waals surface area contributed by atoms with Gasteiger partial charge in [-0.05, 0) is 49.2 Å². The Morgan fingerprint density at radius 3 is 2.81 bits per heavy atom. The highest BCUT2D eigenvalue weighted by molar-refractivity contribution is 7.99. The molecule has 27 heavy (non-hydrogen) atoms. The van der Waals surface area contributed by atoms with Gasteiger partial charge in [0.15, 0.2) is 5.16 Å². The molecule has 0 saturated carbocycles. The van der Waals surface area contributed by atoms with Gasteiger partial charge in [-0.3, -0.25) is 9.36 Å². The van der Waals surface area contributed by atoms with Crippen LogP contribution in [0.5, 0.6) is 5.75 Å². The molecule has 0 bridgehead atoms. The summed E-state index contributed by atoms with van der Waals surface area (Å²) < 4.78 is 7.38. The highest BCUT2D eigenvalue weighted by Gasteiger charge is 2.13. The minimum Gasteiger partial charge on any atom is -0.495 e. The summed E-state index contributed by atoms with van der Waals surface area (Å²) in [4.78, 5) is 16.7. The third-order valence-corrected chi connectivity index (χ3v) is 5.36. The number of nitrogens with one attached hydrogen (secondary N) is 1. The molecule has 0 spiro atoms. The van der Waals surface area contributed by atoms with Crippen LogP contribution in [-0.4, -0.2) is 28.3 Å². The zero-order chi connectivity index (χ0) is 19.4. The lowest BCUT2D eigenvalue weighted by Gasteiger charge is -2.13. The zero-order valence-electron chi connectivity index (χ0n) is 15.3. The maximum Gasteiger partial charge on any atom is 0.234 e. The van der Waals surface area contributed by atoms with E-state index in [0.29, 0.717) is 10.7 Å². The fourth-order valence-electron chi connectivity index (χ4n) is 2.57. The number of benzene rings is 2. The average Bonchev–Trinajstić information content (AvgIpc) is 3.11. The minimum atomic E-state index is -0.120. The van der Waals surface area contributed by atoms with Crippen LogP contribution in [0.3, 0.4) is 0 Å². The van der Waals surface area contributed by atoms with E-state index >= 15 is 0 Å². The minimum absolute atomic E-state index is 0.120. The summed E-state index contributed by atoms with van der Waals surface area (Å²) >= 11 is 7.46. The summed E-state index contributed by atoms with van der Waals surface area (Å²) in [6.07, 6.45) is 3.57. The van der Waals surface area contributed by atoms with Gasteiger partial charge >= 0.3 is 0 Å². The Balaban J connectivity index is 1.71. The molecule has 1 heterocycles. The number of ether oxygens (including phenoxy) is 1. The molecule has 7 heteroatoms. The Kier molecular flexibility index (Phi) is 6.08. The zero-order valence-corrected chi connectivity index (χ0v) is 16.9. The molecule has 1 amide bonds. The van der Waals surface area contributed by atoms with Gasteiger partial charge in [0.05, 0.1) is 18.6 Å². The van der Waals surface area contributed by atoms with Crippen LogP contribution < -0.4 is 10.1 Å². The maximum atomic E-state index is 12.3. The molecule has 1 aromatic heterocycles. The number of aryl methyl sites for hydroxylation is 2. The summed E-state index contributed by atoms with van der Waals surface area (Å²) in [6, 6.07) is 11.4. The molecular weight excluding hydrogens is 382 g/mol. The quantitative estimate of drug-likeness (QED) is 0.598. The molecule has 0 atom stereocenters. The molecular formula is C20H20ClN3O2S. The first-order chi connectivity index (χ1) is 13.0. The van der Waals surface area contributed by atoms with Crippen LogP contribution in [0.25, 0.3) is 5.69 Å². The molecule has 0 saturated heterocycles. The van der Waals surface area contributed by atoms with Crippen molar-refractivity contribution < 1.29 is 9.53 Å². The van der Waals surface area contributed by atoms with E-state index in [1.807, 2.05) is 54.9 Å². The standard InChI is InChI=1S/C20H20ClN3O2S/c1-13-4-7-18(26-3)17(10-13)24-9-8-22-20(24)27-12-19(25)23-15-6-5-14(2)16(21)11-15/h4-11H,12H2,1-3H3,(H,23,25). The van der Waals surface area contributed by atoms with Gasteiger partial charge in [-0.1, -0.05) is 35.5 Å². The summed E-state index contributed by atoms with van der Waals surface area (Å²) in [7, 11) is 1.64. The topological polar surface area (TPSA) is 56.2 Å². The lowest BCUT2D eigenvalue weighted by atomic mass is 10.2. The molecule has 2 aromatic carbocycles. The van der Waals surface area contributed by atoms with Crippen LogP contribution in [0, 0.1) is 13.8 Å². The molecule has 0 unspecified atom stereocenters. The van der Waals surface area contributed by atoms with Crippen molar-refractivity contribution in [1.82, 2.24) is 9.55 Å². The number of carbonyl (C=O) groups is 1. The number of anilines is 1. The molecule has 0 aliphatic heterocycles. The number of rotatable bonds is 6. The van der Waals surface area contributed by atoms with Crippen molar-refractivity contribution in [2.24, 2.45) is 0 Å². The number of carbonyl (C=O) groups excluding carboxylic acids is 1. The molecule has 3 rings (SSSR count). The summed E-state index contributed by atoms with van der Waals surface area (Å²) in [5, 5.41) is 4.20. The van der Waals surface area contributed by atoms with Crippen molar-refractivity contribution in [2.45, 2.75) is 19.0 Å². The molecule has 140 valence electrons. The first kappa shape index (κ1) is 19.3. The van der Waals surface area contributed by atoms with Gasteiger partial charge in [0.1, 0.15) is 5.75 Å². The SMILES string of the molecule is COc1ccc(C)cc1-n1ccnc1SCC(=O)Nc1ccc(C)c(Cl)c1. The van der Waals surface area contributed by atoms with Crippen LogP contribution in [-0.2, 0) is 4.79 Å². The second-order valence-corrected chi connectivity index (χ2v) is 7.41. The van der Waals surface area contributed by atoms with E-state index in [2.05, 4.69) is 10.3 Å². The highest BCUT2D eigenvalue weighted by atomic mass is 35.5. The van der Waals surface area contributed by atoms with Gasteiger partial charge in [0, 0.05) is 23.1 Å². The first-order valence-corrected chi connectivity index (χ1v) is 9.71. The van der Waals surface area contributed by atoms with Gasteiger partial charge < -0.3 is 10.1 Å².